The Morgan fingerprint density at radius 3 is 2.40 bits per heavy atom. The van der Waals surface area contributed by atoms with Gasteiger partial charge in [-0.05, 0) is 33.6 Å². The number of carbonyl (C=O) groups excluding carboxylic acids is 2. The molecule has 2 N–H and O–H groups in total. The third-order valence-electron chi connectivity index (χ3n) is 3.83. The molecule has 2 unspecified atom stereocenters. The highest BCUT2D eigenvalue weighted by molar-refractivity contribution is 5.78. The van der Waals surface area contributed by atoms with Gasteiger partial charge in [-0.2, -0.15) is 0 Å². The molecule has 116 valence electrons. The first-order chi connectivity index (χ1) is 9.16. The molecule has 0 bridgehead atoms. The Kier molecular flexibility index (Phi) is 5.02. The normalized spacial score (nSPS) is 27.1. The minimum atomic E-state index is -0.701. The first kappa shape index (κ1) is 16.8. The van der Waals surface area contributed by atoms with Gasteiger partial charge in [0.2, 0.25) is 0 Å². The second kappa shape index (κ2) is 5.99. The molecule has 0 aromatic rings. The molecule has 2 atom stereocenters. The van der Waals surface area contributed by atoms with Gasteiger partial charge in [0.25, 0.3) is 0 Å². The van der Waals surface area contributed by atoms with Crippen molar-refractivity contribution < 1.29 is 19.1 Å². The van der Waals surface area contributed by atoms with Crippen LogP contribution in [-0.2, 0) is 14.3 Å². The van der Waals surface area contributed by atoms with Crippen LogP contribution in [0, 0.1) is 5.41 Å². The maximum absolute atomic E-state index is 12.0. The number of hydrogen-bond donors (Lipinski definition) is 1. The van der Waals surface area contributed by atoms with Gasteiger partial charge in [-0.3, -0.25) is 4.79 Å². The SMILES string of the molecule is CCC1(C(=O)OC)CCN(C(=O)OC(C)(C)C)CC1N. The number of piperidine rings is 1. The van der Waals surface area contributed by atoms with E-state index in [2.05, 4.69) is 0 Å². The minimum Gasteiger partial charge on any atom is -0.469 e. The van der Waals surface area contributed by atoms with Gasteiger partial charge < -0.3 is 20.1 Å². The van der Waals surface area contributed by atoms with Crippen LogP contribution in [0.5, 0.6) is 0 Å². The van der Waals surface area contributed by atoms with Gasteiger partial charge in [-0.25, -0.2) is 4.79 Å². The highest BCUT2D eigenvalue weighted by atomic mass is 16.6. The second-order valence-electron chi connectivity index (χ2n) is 6.28. The van der Waals surface area contributed by atoms with Crippen LogP contribution >= 0.6 is 0 Å². The summed E-state index contributed by atoms with van der Waals surface area (Å²) in [5.41, 5.74) is 4.90. The molecule has 6 nitrogen and oxygen atoms in total. The number of nitrogens with zero attached hydrogens (tertiary/aromatic N) is 1. The number of methoxy groups -OCH3 is 1. The molecule has 1 rings (SSSR count). The van der Waals surface area contributed by atoms with Crippen LogP contribution in [0.15, 0.2) is 0 Å². The van der Waals surface area contributed by atoms with E-state index in [-0.39, 0.29) is 12.1 Å². The van der Waals surface area contributed by atoms with Gasteiger partial charge in [0, 0.05) is 19.1 Å². The first-order valence-electron chi connectivity index (χ1n) is 6.98. The molecule has 1 fully saturated rings. The number of hydrogen-bond acceptors (Lipinski definition) is 5. The van der Waals surface area contributed by atoms with Crippen molar-refractivity contribution >= 4 is 12.1 Å². The summed E-state index contributed by atoms with van der Waals surface area (Å²) in [5, 5.41) is 0. The van der Waals surface area contributed by atoms with Crippen molar-refractivity contribution in [1.82, 2.24) is 4.90 Å². The summed E-state index contributed by atoms with van der Waals surface area (Å²) in [7, 11) is 1.37. The Bertz CT molecular complexity index is 378. The first-order valence-corrected chi connectivity index (χ1v) is 6.98. The largest absolute Gasteiger partial charge is 0.469 e. The van der Waals surface area contributed by atoms with Crippen molar-refractivity contribution in [1.29, 1.82) is 0 Å². The van der Waals surface area contributed by atoms with Gasteiger partial charge in [-0.1, -0.05) is 6.92 Å². The van der Waals surface area contributed by atoms with Crippen LogP contribution in [-0.4, -0.2) is 48.8 Å². The predicted octanol–water partition coefficient (Wildman–Crippen LogP) is 1.52. The van der Waals surface area contributed by atoms with Crippen molar-refractivity contribution in [3.8, 4) is 0 Å². The van der Waals surface area contributed by atoms with Crippen LogP contribution in [0.2, 0.25) is 0 Å². The van der Waals surface area contributed by atoms with Crippen molar-refractivity contribution in [3.05, 3.63) is 0 Å². The maximum Gasteiger partial charge on any atom is 0.410 e. The number of rotatable bonds is 2. The molecule has 1 heterocycles. The highest BCUT2D eigenvalue weighted by Gasteiger charge is 2.48. The fraction of sp³-hybridized carbons (Fsp3) is 0.857. The lowest BCUT2D eigenvalue weighted by Gasteiger charge is -2.43. The monoisotopic (exact) mass is 286 g/mol. The Morgan fingerprint density at radius 2 is 2.00 bits per heavy atom. The topological polar surface area (TPSA) is 81.9 Å². The predicted molar refractivity (Wildman–Crippen MR) is 75.1 cm³/mol. The van der Waals surface area contributed by atoms with Crippen LogP contribution in [0.3, 0.4) is 0 Å². The number of ether oxygens (including phenoxy) is 2. The molecular formula is C14H26N2O4. The fourth-order valence-corrected chi connectivity index (χ4v) is 2.56. The molecular weight excluding hydrogens is 260 g/mol. The molecule has 1 saturated heterocycles. The van der Waals surface area contributed by atoms with Crippen molar-refractivity contribution in [2.24, 2.45) is 11.1 Å². The number of esters is 1. The number of carbonyl (C=O) groups is 2. The average Bonchev–Trinajstić information content (AvgIpc) is 2.36. The van der Waals surface area contributed by atoms with Crippen molar-refractivity contribution in [3.63, 3.8) is 0 Å². The van der Waals surface area contributed by atoms with E-state index in [1.807, 2.05) is 27.7 Å². The summed E-state index contributed by atoms with van der Waals surface area (Å²) in [6.07, 6.45) is 0.710. The molecule has 0 aromatic heterocycles. The molecule has 1 aliphatic heterocycles. The summed E-state index contributed by atoms with van der Waals surface area (Å²) in [6.45, 7) is 8.13. The fourth-order valence-electron chi connectivity index (χ4n) is 2.56. The summed E-state index contributed by atoms with van der Waals surface area (Å²) in [5.74, 6) is -0.295. The van der Waals surface area contributed by atoms with E-state index in [9.17, 15) is 9.59 Å². The van der Waals surface area contributed by atoms with Gasteiger partial charge in [0.15, 0.2) is 0 Å². The maximum atomic E-state index is 12.0. The van der Waals surface area contributed by atoms with E-state index in [1.165, 1.54) is 7.11 Å². The zero-order valence-electron chi connectivity index (χ0n) is 13.1. The van der Waals surface area contributed by atoms with Crippen LogP contribution in [0.25, 0.3) is 0 Å². The van der Waals surface area contributed by atoms with Crippen LogP contribution < -0.4 is 5.73 Å². The lowest BCUT2D eigenvalue weighted by Crippen LogP contribution is -2.60. The smallest absolute Gasteiger partial charge is 0.410 e. The molecule has 0 aromatic carbocycles. The van der Waals surface area contributed by atoms with Gasteiger partial charge in [0.05, 0.1) is 12.5 Å². The third kappa shape index (κ3) is 3.42. The minimum absolute atomic E-state index is 0.295. The van der Waals surface area contributed by atoms with Gasteiger partial charge in [-0.15, -0.1) is 0 Å². The number of nitrogens with two attached hydrogens (primary N) is 1. The van der Waals surface area contributed by atoms with E-state index < -0.39 is 17.1 Å². The van der Waals surface area contributed by atoms with E-state index in [1.54, 1.807) is 4.90 Å². The molecule has 0 aliphatic carbocycles. The van der Waals surface area contributed by atoms with Gasteiger partial charge >= 0.3 is 12.1 Å². The number of amides is 1. The molecule has 1 aliphatic rings. The molecule has 1 amide bonds. The second-order valence-corrected chi connectivity index (χ2v) is 6.28. The summed E-state index contributed by atoms with van der Waals surface area (Å²) in [6, 6.07) is -0.443. The molecule has 6 heteroatoms. The molecule has 0 saturated carbocycles. The van der Waals surface area contributed by atoms with E-state index in [4.69, 9.17) is 15.2 Å². The average molecular weight is 286 g/mol. The van der Waals surface area contributed by atoms with Crippen molar-refractivity contribution in [2.45, 2.75) is 52.2 Å². The lowest BCUT2D eigenvalue weighted by molar-refractivity contribution is -0.157. The van der Waals surface area contributed by atoms with E-state index in [0.29, 0.717) is 25.9 Å². The summed E-state index contributed by atoms with van der Waals surface area (Å²) < 4.78 is 10.2. The van der Waals surface area contributed by atoms with Gasteiger partial charge in [0.1, 0.15) is 5.60 Å². The van der Waals surface area contributed by atoms with E-state index in [0.717, 1.165) is 0 Å². The van der Waals surface area contributed by atoms with E-state index >= 15 is 0 Å². The third-order valence-corrected chi connectivity index (χ3v) is 3.83. The quantitative estimate of drug-likeness (QED) is 0.778. The summed E-state index contributed by atoms with van der Waals surface area (Å²) >= 11 is 0. The zero-order valence-corrected chi connectivity index (χ0v) is 13.1. The van der Waals surface area contributed by atoms with Crippen molar-refractivity contribution in [2.75, 3.05) is 20.2 Å². The highest BCUT2D eigenvalue weighted by Crippen LogP contribution is 2.35. The molecule has 20 heavy (non-hydrogen) atoms. The molecule has 0 radical (unpaired) electrons. The van der Waals surface area contributed by atoms with Crippen LogP contribution in [0.4, 0.5) is 4.79 Å². The Labute approximate surface area is 120 Å². The van der Waals surface area contributed by atoms with Crippen LogP contribution in [0.1, 0.15) is 40.5 Å². The number of likely N-dealkylation sites (tertiary alicyclic amines) is 1. The summed E-state index contributed by atoms with van der Waals surface area (Å²) in [4.78, 5) is 25.6. The molecule has 0 spiro atoms. The Morgan fingerprint density at radius 1 is 1.40 bits per heavy atom. The Balaban J connectivity index is 2.76. The Hall–Kier alpha value is -1.30. The lowest BCUT2D eigenvalue weighted by atomic mass is 9.73. The standard InChI is InChI=1S/C14H26N2O4/c1-6-14(11(17)19-5)7-8-16(9-10(14)15)12(18)20-13(2,3)4/h10H,6-9,15H2,1-5H3. The zero-order chi connectivity index (χ0) is 15.6.